The number of nitrogens with one attached hydrogen (secondary N) is 1. The topological polar surface area (TPSA) is 69.6 Å². The third-order valence-corrected chi connectivity index (χ3v) is 7.28. The van der Waals surface area contributed by atoms with Gasteiger partial charge in [-0.25, -0.2) is 0 Å². The first kappa shape index (κ1) is 35.1. The molecule has 0 aliphatic carbocycles. The summed E-state index contributed by atoms with van der Waals surface area (Å²) in [5.41, 5.74) is 0. The van der Waals surface area contributed by atoms with Crippen molar-refractivity contribution in [2.75, 3.05) is 6.61 Å². The van der Waals surface area contributed by atoms with E-state index in [1.807, 2.05) is 0 Å². The molecule has 4 heteroatoms. The van der Waals surface area contributed by atoms with E-state index < -0.39 is 12.1 Å². The minimum atomic E-state index is -0.673. The Morgan fingerprint density at radius 1 is 0.639 bits per heavy atom. The van der Waals surface area contributed by atoms with Crippen LogP contribution >= 0.6 is 0 Å². The van der Waals surface area contributed by atoms with Gasteiger partial charge in [0.15, 0.2) is 0 Å². The van der Waals surface area contributed by atoms with E-state index >= 15 is 0 Å². The molecule has 2 atom stereocenters. The zero-order chi connectivity index (χ0) is 26.5. The van der Waals surface area contributed by atoms with E-state index in [1.54, 1.807) is 0 Å². The Labute approximate surface area is 225 Å². The van der Waals surface area contributed by atoms with Gasteiger partial charge in [-0.05, 0) is 38.5 Å². The Morgan fingerprint density at radius 2 is 1.06 bits per heavy atom. The summed E-state index contributed by atoms with van der Waals surface area (Å²) in [6.07, 6.45) is 32.7. The lowest BCUT2D eigenvalue weighted by molar-refractivity contribution is -0.123. The number of carbonyl (C=O) groups is 1. The maximum absolute atomic E-state index is 12.1. The minimum Gasteiger partial charge on any atom is -0.394 e. The molecule has 0 heterocycles. The third-order valence-electron chi connectivity index (χ3n) is 7.28. The van der Waals surface area contributed by atoms with Crippen molar-refractivity contribution in [3.63, 3.8) is 0 Å². The fourth-order valence-corrected chi connectivity index (χ4v) is 4.76. The number of amides is 1. The third kappa shape index (κ3) is 24.8. The van der Waals surface area contributed by atoms with Gasteiger partial charge in [-0.3, -0.25) is 4.79 Å². The van der Waals surface area contributed by atoms with Crippen molar-refractivity contribution in [1.29, 1.82) is 0 Å². The van der Waals surface area contributed by atoms with E-state index in [2.05, 4.69) is 31.3 Å². The van der Waals surface area contributed by atoms with Gasteiger partial charge < -0.3 is 15.5 Å². The van der Waals surface area contributed by atoms with Crippen LogP contribution < -0.4 is 5.32 Å². The van der Waals surface area contributed by atoms with E-state index in [1.165, 1.54) is 109 Å². The average molecular weight is 510 g/mol. The quantitative estimate of drug-likeness (QED) is 0.0729. The largest absolute Gasteiger partial charge is 0.394 e. The van der Waals surface area contributed by atoms with Gasteiger partial charge in [0.05, 0.1) is 18.8 Å². The fourth-order valence-electron chi connectivity index (χ4n) is 4.76. The molecule has 0 unspecified atom stereocenters. The molecule has 0 aliphatic heterocycles. The number of carbonyl (C=O) groups excluding carboxylic acids is 1. The Bertz CT molecular complexity index is 480. The molecule has 0 aromatic heterocycles. The molecule has 1 amide bonds. The van der Waals surface area contributed by atoms with E-state index in [0.717, 1.165) is 32.1 Å². The minimum absolute atomic E-state index is 0.0491. The molecule has 214 valence electrons. The molecule has 0 aromatic rings. The van der Waals surface area contributed by atoms with Crippen LogP contribution in [-0.2, 0) is 4.79 Å². The molecule has 3 N–H and O–H groups in total. The maximum Gasteiger partial charge on any atom is 0.220 e. The Morgan fingerprint density at radius 3 is 1.53 bits per heavy atom. The highest BCUT2D eigenvalue weighted by atomic mass is 16.3. The first-order valence-corrected chi connectivity index (χ1v) is 15.9. The number of allylic oxidation sites excluding steroid dienone is 2. The number of rotatable bonds is 28. The molecular weight excluding hydrogens is 446 g/mol. The van der Waals surface area contributed by atoms with E-state index in [0.29, 0.717) is 12.8 Å². The normalized spacial score (nSPS) is 13.3. The van der Waals surface area contributed by atoms with E-state index in [-0.39, 0.29) is 12.5 Å². The summed E-state index contributed by atoms with van der Waals surface area (Å²) in [6.45, 7) is 4.29. The van der Waals surface area contributed by atoms with Crippen LogP contribution in [0, 0.1) is 0 Å². The molecule has 0 bridgehead atoms. The van der Waals surface area contributed by atoms with Crippen molar-refractivity contribution < 1.29 is 15.0 Å². The van der Waals surface area contributed by atoms with Gasteiger partial charge in [-0.2, -0.15) is 0 Å². The standard InChI is InChI=1S/C32H63NO3/c1-3-5-7-9-11-12-13-14-15-16-17-18-19-20-22-23-25-27-31(35)30(29-34)33-32(36)28-26-24-21-10-8-6-4-2/h19-20,30-31,34-35H,3-18,21-29H2,1-2H3,(H,33,36)/b20-19+/t30-,31+/m0/s1. The van der Waals surface area contributed by atoms with Gasteiger partial charge in [0.2, 0.25) is 5.91 Å². The first-order valence-electron chi connectivity index (χ1n) is 15.9. The first-order chi connectivity index (χ1) is 17.7. The summed E-state index contributed by atoms with van der Waals surface area (Å²) in [5.74, 6) is -0.0491. The second-order valence-electron chi connectivity index (χ2n) is 10.9. The van der Waals surface area contributed by atoms with Crippen LogP contribution in [0.1, 0.15) is 168 Å². The summed E-state index contributed by atoms with van der Waals surface area (Å²) in [5, 5.41) is 22.8. The van der Waals surface area contributed by atoms with Crippen molar-refractivity contribution in [3.05, 3.63) is 12.2 Å². The SMILES string of the molecule is CCCCCCCCCCCCC/C=C/CCCC[C@@H](O)[C@H](CO)NC(=O)CCCCCCCCC. The molecule has 0 aromatic carbocycles. The van der Waals surface area contributed by atoms with Crippen LogP contribution in [0.5, 0.6) is 0 Å². The highest BCUT2D eigenvalue weighted by Crippen LogP contribution is 2.13. The van der Waals surface area contributed by atoms with E-state index in [9.17, 15) is 15.0 Å². The molecule has 0 aliphatic rings. The summed E-state index contributed by atoms with van der Waals surface area (Å²) in [6, 6.07) is -0.543. The Kier molecular flexibility index (Phi) is 28.0. The van der Waals surface area contributed by atoms with Crippen molar-refractivity contribution >= 4 is 5.91 Å². The zero-order valence-electron chi connectivity index (χ0n) is 24.3. The van der Waals surface area contributed by atoms with E-state index in [4.69, 9.17) is 0 Å². The molecule has 0 rings (SSSR count). The van der Waals surface area contributed by atoms with Crippen LogP contribution in [0.3, 0.4) is 0 Å². The van der Waals surface area contributed by atoms with Gasteiger partial charge in [0.1, 0.15) is 0 Å². The van der Waals surface area contributed by atoms with Gasteiger partial charge in [-0.1, -0.05) is 135 Å². The fraction of sp³-hybridized carbons (Fsp3) is 0.906. The molecule has 36 heavy (non-hydrogen) atoms. The number of unbranched alkanes of at least 4 members (excludes halogenated alkanes) is 19. The summed E-state index contributed by atoms with van der Waals surface area (Å²) >= 11 is 0. The lowest BCUT2D eigenvalue weighted by atomic mass is 10.0. The summed E-state index contributed by atoms with van der Waals surface area (Å²) in [7, 11) is 0. The van der Waals surface area contributed by atoms with Crippen LogP contribution in [0.2, 0.25) is 0 Å². The van der Waals surface area contributed by atoms with Crippen molar-refractivity contribution in [2.45, 2.75) is 180 Å². The van der Waals surface area contributed by atoms with Crippen LogP contribution in [0.4, 0.5) is 0 Å². The summed E-state index contributed by atoms with van der Waals surface area (Å²) < 4.78 is 0. The highest BCUT2D eigenvalue weighted by Gasteiger charge is 2.19. The lowest BCUT2D eigenvalue weighted by Crippen LogP contribution is -2.45. The predicted octanol–water partition coefficient (Wildman–Crippen LogP) is 8.78. The Hall–Kier alpha value is -0.870. The smallest absolute Gasteiger partial charge is 0.220 e. The van der Waals surface area contributed by atoms with Gasteiger partial charge in [-0.15, -0.1) is 0 Å². The van der Waals surface area contributed by atoms with Gasteiger partial charge >= 0.3 is 0 Å². The zero-order valence-corrected chi connectivity index (χ0v) is 24.3. The van der Waals surface area contributed by atoms with Gasteiger partial charge in [0.25, 0.3) is 0 Å². The second kappa shape index (κ2) is 28.7. The van der Waals surface area contributed by atoms with Crippen LogP contribution in [-0.4, -0.2) is 34.9 Å². The molecule has 0 saturated carbocycles. The second-order valence-corrected chi connectivity index (χ2v) is 10.9. The monoisotopic (exact) mass is 509 g/mol. The predicted molar refractivity (Wildman–Crippen MR) is 156 cm³/mol. The molecule has 0 radical (unpaired) electrons. The molecule has 0 fully saturated rings. The maximum atomic E-state index is 12.1. The summed E-state index contributed by atoms with van der Waals surface area (Å²) in [4.78, 5) is 12.1. The molecule has 0 saturated heterocycles. The number of aliphatic hydroxyl groups is 2. The number of hydrogen-bond acceptors (Lipinski definition) is 3. The van der Waals surface area contributed by atoms with Crippen molar-refractivity contribution in [2.24, 2.45) is 0 Å². The molecule has 0 spiro atoms. The van der Waals surface area contributed by atoms with Crippen LogP contribution in [0.25, 0.3) is 0 Å². The number of aliphatic hydroxyl groups excluding tert-OH is 2. The lowest BCUT2D eigenvalue weighted by Gasteiger charge is -2.22. The van der Waals surface area contributed by atoms with Crippen molar-refractivity contribution in [3.8, 4) is 0 Å². The van der Waals surface area contributed by atoms with Crippen LogP contribution in [0.15, 0.2) is 12.2 Å². The highest BCUT2D eigenvalue weighted by molar-refractivity contribution is 5.76. The Balaban J connectivity index is 3.59. The van der Waals surface area contributed by atoms with Crippen molar-refractivity contribution in [1.82, 2.24) is 5.32 Å². The average Bonchev–Trinajstić information content (AvgIpc) is 2.88. The molecular formula is C32H63NO3. The molecule has 4 nitrogen and oxygen atoms in total. The van der Waals surface area contributed by atoms with Gasteiger partial charge in [0, 0.05) is 6.42 Å². The number of hydrogen-bond donors (Lipinski definition) is 3.